The molecule has 1 heterocycles. The Morgan fingerprint density at radius 1 is 1.38 bits per heavy atom. The molecule has 21 heavy (non-hydrogen) atoms. The monoisotopic (exact) mass is 292 g/mol. The van der Waals surface area contributed by atoms with Crippen molar-refractivity contribution in [3.8, 4) is 0 Å². The van der Waals surface area contributed by atoms with E-state index in [4.69, 9.17) is 5.73 Å². The fourth-order valence-electron chi connectivity index (χ4n) is 3.54. The Kier molecular flexibility index (Phi) is 5.44. The van der Waals surface area contributed by atoms with Crippen LogP contribution in [0.4, 0.5) is 0 Å². The van der Waals surface area contributed by atoms with Crippen LogP contribution in [0.2, 0.25) is 0 Å². The van der Waals surface area contributed by atoms with Crippen LogP contribution < -0.4 is 5.73 Å². The largest absolute Gasteiger partial charge is 0.329 e. The number of nitrogens with two attached hydrogens (primary N) is 1. The number of likely N-dealkylation sites (N-methyl/N-ethyl adjacent to an activating group) is 1. The van der Waals surface area contributed by atoms with Gasteiger partial charge in [0.05, 0.1) is 11.4 Å². The number of aromatic nitrogens is 2. The topological polar surface area (TPSA) is 47.1 Å². The summed E-state index contributed by atoms with van der Waals surface area (Å²) < 4.78 is 2.14. The third-order valence-electron chi connectivity index (χ3n) is 5.37. The Bertz CT molecular complexity index is 444. The first-order chi connectivity index (χ1) is 10.0. The summed E-state index contributed by atoms with van der Waals surface area (Å²) in [6.45, 7) is 9.34. The summed E-state index contributed by atoms with van der Waals surface area (Å²) in [5.74, 6) is 0.853. The standard InChI is InChI=1S/C17H32N4/c1-5-15-11-16(21(6-2)19-15)12-20(4)17(13-18)9-7-14(3)8-10-17/h11,14H,5-10,12-13,18H2,1-4H3. The molecule has 1 aliphatic carbocycles. The Labute approximate surface area is 129 Å². The van der Waals surface area contributed by atoms with Crippen molar-refractivity contribution in [2.75, 3.05) is 13.6 Å². The highest BCUT2D eigenvalue weighted by atomic mass is 15.3. The summed E-state index contributed by atoms with van der Waals surface area (Å²) in [6.07, 6.45) is 6.05. The zero-order valence-electron chi connectivity index (χ0n) is 14.2. The van der Waals surface area contributed by atoms with Crippen LogP contribution >= 0.6 is 0 Å². The predicted octanol–water partition coefficient (Wildman–Crippen LogP) is 2.80. The molecule has 1 aromatic heterocycles. The van der Waals surface area contributed by atoms with Gasteiger partial charge in [0.15, 0.2) is 0 Å². The van der Waals surface area contributed by atoms with E-state index in [1.54, 1.807) is 0 Å². The molecule has 0 bridgehead atoms. The van der Waals surface area contributed by atoms with Crippen molar-refractivity contribution in [3.05, 3.63) is 17.5 Å². The van der Waals surface area contributed by atoms with Crippen LogP contribution in [0.15, 0.2) is 6.07 Å². The summed E-state index contributed by atoms with van der Waals surface area (Å²) in [5, 5.41) is 4.66. The summed E-state index contributed by atoms with van der Waals surface area (Å²) in [7, 11) is 2.24. The molecule has 0 atom stereocenters. The average molecular weight is 292 g/mol. The van der Waals surface area contributed by atoms with E-state index < -0.39 is 0 Å². The molecule has 4 heteroatoms. The summed E-state index contributed by atoms with van der Waals surface area (Å²) in [6, 6.07) is 2.26. The molecular weight excluding hydrogens is 260 g/mol. The van der Waals surface area contributed by atoms with Gasteiger partial charge in [-0.2, -0.15) is 5.10 Å². The fourth-order valence-corrected chi connectivity index (χ4v) is 3.54. The molecule has 1 saturated carbocycles. The Balaban J connectivity index is 2.12. The highest BCUT2D eigenvalue weighted by Gasteiger charge is 2.36. The number of aryl methyl sites for hydroxylation is 2. The normalized spacial score (nSPS) is 26.5. The second-order valence-corrected chi connectivity index (χ2v) is 6.76. The Morgan fingerprint density at radius 2 is 2.05 bits per heavy atom. The summed E-state index contributed by atoms with van der Waals surface area (Å²) in [4.78, 5) is 2.49. The molecule has 0 spiro atoms. The van der Waals surface area contributed by atoms with E-state index in [9.17, 15) is 0 Å². The van der Waals surface area contributed by atoms with Gasteiger partial charge in [0.2, 0.25) is 0 Å². The Morgan fingerprint density at radius 3 is 2.57 bits per heavy atom. The van der Waals surface area contributed by atoms with Crippen molar-refractivity contribution in [3.63, 3.8) is 0 Å². The Hall–Kier alpha value is -0.870. The van der Waals surface area contributed by atoms with Gasteiger partial charge in [-0.3, -0.25) is 9.58 Å². The molecule has 0 aliphatic heterocycles. The molecule has 0 unspecified atom stereocenters. The van der Waals surface area contributed by atoms with Gasteiger partial charge in [0.25, 0.3) is 0 Å². The van der Waals surface area contributed by atoms with Gasteiger partial charge in [-0.1, -0.05) is 13.8 Å². The van der Waals surface area contributed by atoms with Gasteiger partial charge >= 0.3 is 0 Å². The van der Waals surface area contributed by atoms with E-state index in [0.29, 0.717) is 0 Å². The van der Waals surface area contributed by atoms with Crippen LogP contribution in [0.25, 0.3) is 0 Å². The van der Waals surface area contributed by atoms with E-state index >= 15 is 0 Å². The first-order valence-corrected chi connectivity index (χ1v) is 8.51. The van der Waals surface area contributed by atoms with Crippen LogP contribution in [0.3, 0.4) is 0 Å². The molecule has 0 radical (unpaired) electrons. The lowest BCUT2D eigenvalue weighted by molar-refractivity contribution is 0.0595. The molecule has 4 nitrogen and oxygen atoms in total. The summed E-state index contributed by atoms with van der Waals surface area (Å²) in [5.41, 5.74) is 8.87. The molecule has 2 rings (SSSR count). The van der Waals surface area contributed by atoms with Gasteiger partial charge in [0.1, 0.15) is 0 Å². The number of hydrogen-bond acceptors (Lipinski definition) is 3. The number of nitrogens with zero attached hydrogens (tertiary/aromatic N) is 3. The SMILES string of the molecule is CCc1cc(CN(C)C2(CN)CCC(C)CC2)n(CC)n1. The van der Waals surface area contributed by atoms with E-state index in [2.05, 4.69) is 48.6 Å². The molecule has 0 aromatic carbocycles. The number of rotatable bonds is 6. The van der Waals surface area contributed by atoms with Gasteiger partial charge in [-0.25, -0.2) is 0 Å². The second kappa shape index (κ2) is 6.93. The smallest absolute Gasteiger partial charge is 0.0625 e. The second-order valence-electron chi connectivity index (χ2n) is 6.76. The molecule has 120 valence electrons. The number of hydrogen-bond donors (Lipinski definition) is 1. The first kappa shape index (κ1) is 16.5. The quantitative estimate of drug-likeness (QED) is 0.877. The van der Waals surface area contributed by atoms with Crippen molar-refractivity contribution < 1.29 is 0 Å². The third kappa shape index (κ3) is 3.49. The van der Waals surface area contributed by atoms with Crippen molar-refractivity contribution in [1.29, 1.82) is 0 Å². The highest BCUT2D eigenvalue weighted by molar-refractivity contribution is 5.11. The van der Waals surface area contributed by atoms with E-state index in [1.807, 2.05) is 0 Å². The first-order valence-electron chi connectivity index (χ1n) is 8.51. The maximum Gasteiger partial charge on any atom is 0.0625 e. The third-order valence-corrected chi connectivity index (χ3v) is 5.37. The lowest BCUT2D eigenvalue weighted by atomic mass is 9.76. The molecule has 0 amide bonds. The molecule has 0 saturated heterocycles. The maximum atomic E-state index is 6.18. The van der Waals surface area contributed by atoms with E-state index in [-0.39, 0.29) is 5.54 Å². The summed E-state index contributed by atoms with van der Waals surface area (Å²) >= 11 is 0. The maximum absolute atomic E-state index is 6.18. The van der Waals surface area contributed by atoms with Crippen molar-refractivity contribution in [2.24, 2.45) is 11.7 Å². The molecule has 2 N–H and O–H groups in total. The van der Waals surface area contributed by atoms with E-state index in [1.165, 1.54) is 37.1 Å². The van der Waals surface area contributed by atoms with E-state index in [0.717, 1.165) is 32.0 Å². The molecule has 1 fully saturated rings. The zero-order valence-corrected chi connectivity index (χ0v) is 14.2. The van der Waals surface area contributed by atoms with Gasteiger partial charge in [0, 0.05) is 25.2 Å². The minimum Gasteiger partial charge on any atom is -0.329 e. The van der Waals surface area contributed by atoms with Crippen molar-refractivity contribution >= 4 is 0 Å². The minimum atomic E-state index is 0.182. The van der Waals surface area contributed by atoms with Gasteiger partial charge < -0.3 is 5.73 Å². The lowest BCUT2D eigenvalue weighted by Crippen LogP contribution is -2.53. The fraction of sp³-hybridized carbons (Fsp3) is 0.824. The van der Waals surface area contributed by atoms with Crippen LogP contribution in [0.5, 0.6) is 0 Å². The van der Waals surface area contributed by atoms with Crippen LogP contribution in [-0.2, 0) is 19.5 Å². The zero-order chi connectivity index (χ0) is 15.5. The highest BCUT2D eigenvalue weighted by Crippen LogP contribution is 2.35. The van der Waals surface area contributed by atoms with Gasteiger partial charge in [-0.05, 0) is 58.1 Å². The lowest BCUT2D eigenvalue weighted by Gasteiger charge is -2.45. The van der Waals surface area contributed by atoms with Crippen LogP contribution in [0.1, 0.15) is 57.8 Å². The minimum absolute atomic E-state index is 0.182. The molecule has 1 aromatic rings. The van der Waals surface area contributed by atoms with Crippen LogP contribution in [0, 0.1) is 5.92 Å². The van der Waals surface area contributed by atoms with Gasteiger partial charge in [-0.15, -0.1) is 0 Å². The molecular formula is C17H32N4. The predicted molar refractivity (Wildman–Crippen MR) is 88.2 cm³/mol. The van der Waals surface area contributed by atoms with Crippen LogP contribution in [-0.4, -0.2) is 33.8 Å². The molecule has 1 aliphatic rings. The van der Waals surface area contributed by atoms with Crippen molar-refractivity contribution in [1.82, 2.24) is 14.7 Å². The average Bonchev–Trinajstić information content (AvgIpc) is 2.90. The van der Waals surface area contributed by atoms with Crippen molar-refractivity contribution in [2.45, 2.75) is 71.5 Å².